The van der Waals surface area contributed by atoms with Crippen molar-refractivity contribution in [1.82, 2.24) is 0 Å². The summed E-state index contributed by atoms with van der Waals surface area (Å²) in [5, 5.41) is 1.95. The van der Waals surface area contributed by atoms with Crippen molar-refractivity contribution in [2.24, 2.45) is 0 Å². The van der Waals surface area contributed by atoms with E-state index in [9.17, 15) is 9.18 Å². The van der Waals surface area contributed by atoms with E-state index in [1.165, 1.54) is 12.1 Å². The number of thiophene rings is 1. The zero-order valence-corrected chi connectivity index (χ0v) is 11.4. The highest BCUT2D eigenvalue weighted by molar-refractivity contribution is 9.10. The van der Waals surface area contributed by atoms with Gasteiger partial charge in [-0.1, -0.05) is 22.0 Å². The maximum absolute atomic E-state index is 13.1. The van der Waals surface area contributed by atoms with Crippen molar-refractivity contribution in [3.05, 3.63) is 56.4 Å². The maximum atomic E-state index is 13.1. The van der Waals surface area contributed by atoms with Crippen molar-refractivity contribution in [1.29, 1.82) is 0 Å². The van der Waals surface area contributed by atoms with Crippen LogP contribution in [0.1, 0.15) is 10.4 Å². The molecule has 17 heavy (non-hydrogen) atoms. The van der Waals surface area contributed by atoms with Gasteiger partial charge in [0, 0.05) is 22.2 Å². The van der Waals surface area contributed by atoms with E-state index < -0.39 is 0 Å². The van der Waals surface area contributed by atoms with Gasteiger partial charge in [-0.25, -0.2) is 4.39 Å². The Kier molecular flexibility index (Phi) is 4.07. The van der Waals surface area contributed by atoms with Crippen LogP contribution >= 0.6 is 27.3 Å². The van der Waals surface area contributed by atoms with Gasteiger partial charge in [0.2, 0.25) is 0 Å². The first-order chi connectivity index (χ1) is 8.13. The fourth-order valence-corrected chi connectivity index (χ4v) is 2.86. The molecule has 0 atom stereocenters. The molecular formula is C13H10BrFOS. The van der Waals surface area contributed by atoms with Gasteiger partial charge in [0.1, 0.15) is 11.6 Å². The predicted molar refractivity (Wildman–Crippen MR) is 70.8 cm³/mol. The van der Waals surface area contributed by atoms with Gasteiger partial charge in [0.05, 0.1) is 0 Å². The fraction of sp³-hybridized carbons (Fsp3) is 0.154. The van der Waals surface area contributed by atoms with Crippen molar-refractivity contribution in [2.75, 3.05) is 0 Å². The number of carbonyl (C=O) groups is 1. The molecule has 1 aromatic carbocycles. The number of ketones is 1. The number of carbonyl (C=O) groups excluding carboxylic acids is 1. The normalized spacial score (nSPS) is 10.5. The zero-order chi connectivity index (χ0) is 12.3. The molecule has 2 rings (SSSR count). The van der Waals surface area contributed by atoms with Crippen LogP contribution in [0.3, 0.4) is 0 Å². The Labute approximate surface area is 111 Å². The number of hydrogen-bond donors (Lipinski definition) is 0. The van der Waals surface area contributed by atoms with Gasteiger partial charge in [-0.05, 0) is 35.2 Å². The van der Waals surface area contributed by atoms with Crippen LogP contribution in [0.2, 0.25) is 0 Å². The van der Waals surface area contributed by atoms with Crippen LogP contribution in [-0.4, -0.2) is 5.78 Å². The minimum Gasteiger partial charge on any atom is -0.299 e. The van der Waals surface area contributed by atoms with Gasteiger partial charge in [0.15, 0.2) is 0 Å². The molecule has 0 unspecified atom stereocenters. The summed E-state index contributed by atoms with van der Waals surface area (Å²) in [5.41, 5.74) is 0.707. The SMILES string of the molecule is O=C(Cc1cc(F)cc(Br)c1)Cc1cccs1. The average Bonchev–Trinajstić information content (AvgIpc) is 2.67. The molecule has 2 aromatic rings. The largest absolute Gasteiger partial charge is 0.299 e. The molecule has 0 saturated heterocycles. The molecule has 0 aliphatic rings. The molecule has 1 aromatic heterocycles. The number of hydrogen-bond acceptors (Lipinski definition) is 2. The lowest BCUT2D eigenvalue weighted by Gasteiger charge is -2.02. The van der Waals surface area contributed by atoms with Gasteiger partial charge in [-0.15, -0.1) is 11.3 Å². The van der Waals surface area contributed by atoms with Crippen LogP contribution in [-0.2, 0) is 17.6 Å². The third kappa shape index (κ3) is 3.75. The topological polar surface area (TPSA) is 17.1 Å². The number of benzene rings is 1. The van der Waals surface area contributed by atoms with Gasteiger partial charge < -0.3 is 0 Å². The van der Waals surface area contributed by atoms with E-state index in [0.29, 0.717) is 16.5 Å². The number of rotatable bonds is 4. The summed E-state index contributed by atoms with van der Waals surface area (Å²) in [6, 6.07) is 8.41. The second-order valence-electron chi connectivity index (χ2n) is 3.75. The Bertz CT molecular complexity index is 502. The minimum absolute atomic E-state index is 0.102. The molecule has 0 N–H and O–H groups in total. The minimum atomic E-state index is -0.321. The molecule has 0 aliphatic carbocycles. The molecule has 0 amide bonds. The summed E-state index contributed by atoms with van der Waals surface area (Å²) in [7, 11) is 0. The monoisotopic (exact) mass is 312 g/mol. The first kappa shape index (κ1) is 12.5. The molecule has 0 fully saturated rings. The third-order valence-corrected chi connectivity index (χ3v) is 3.61. The second kappa shape index (κ2) is 5.56. The lowest BCUT2D eigenvalue weighted by atomic mass is 10.1. The van der Waals surface area contributed by atoms with Gasteiger partial charge in [0.25, 0.3) is 0 Å². The standard InChI is InChI=1S/C13H10BrFOS/c14-10-4-9(5-11(15)7-10)6-12(16)8-13-2-1-3-17-13/h1-5,7H,6,8H2. The summed E-state index contributed by atoms with van der Waals surface area (Å²) >= 11 is 4.78. The molecule has 0 bridgehead atoms. The van der Waals surface area contributed by atoms with E-state index in [1.54, 1.807) is 17.4 Å². The highest BCUT2D eigenvalue weighted by Crippen LogP contribution is 2.17. The first-order valence-corrected chi connectivity index (χ1v) is 6.80. The zero-order valence-electron chi connectivity index (χ0n) is 8.95. The molecule has 0 spiro atoms. The summed E-state index contributed by atoms with van der Waals surface area (Å²) < 4.78 is 13.8. The Morgan fingerprint density at radius 2 is 2.12 bits per heavy atom. The molecule has 1 nitrogen and oxygen atoms in total. The number of halogens is 2. The van der Waals surface area contributed by atoms with Crippen LogP contribution in [0.15, 0.2) is 40.2 Å². The number of Topliss-reactive ketones (excluding diaryl/α,β-unsaturated/α-hetero) is 1. The van der Waals surface area contributed by atoms with Crippen LogP contribution in [0, 0.1) is 5.82 Å². The van der Waals surface area contributed by atoms with Crippen molar-refractivity contribution >= 4 is 33.0 Å². The van der Waals surface area contributed by atoms with Crippen molar-refractivity contribution < 1.29 is 9.18 Å². The van der Waals surface area contributed by atoms with E-state index in [4.69, 9.17) is 0 Å². The summed E-state index contributed by atoms with van der Waals surface area (Å²) in [6.07, 6.45) is 0.695. The van der Waals surface area contributed by atoms with Crippen LogP contribution in [0.25, 0.3) is 0 Å². The highest BCUT2D eigenvalue weighted by atomic mass is 79.9. The molecule has 0 aliphatic heterocycles. The summed E-state index contributed by atoms with van der Waals surface area (Å²) in [4.78, 5) is 12.8. The molecular weight excluding hydrogens is 303 g/mol. The lowest BCUT2D eigenvalue weighted by molar-refractivity contribution is -0.117. The Morgan fingerprint density at radius 1 is 1.29 bits per heavy atom. The molecule has 0 radical (unpaired) electrons. The van der Waals surface area contributed by atoms with Crippen molar-refractivity contribution in [3.8, 4) is 0 Å². The van der Waals surface area contributed by atoms with E-state index in [1.807, 2.05) is 17.5 Å². The van der Waals surface area contributed by atoms with Crippen LogP contribution in [0.5, 0.6) is 0 Å². The van der Waals surface area contributed by atoms with Gasteiger partial charge in [-0.3, -0.25) is 4.79 Å². The summed E-state index contributed by atoms with van der Waals surface area (Å²) in [5.74, 6) is -0.219. The molecule has 4 heteroatoms. The fourth-order valence-electron chi connectivity index (χ4n) is 1.61. The molecule has 0 saturated carbocycles. The molecule has 88 valence electrons. The Hall–Kier alpha value is -1.00. The summed E-state index contributed by atoms with van der Waals surface area (Å²) in [6.45, 7) is 0. The van der Waals surface area contributed by atoms with Gasteiger partial charge >= 0.3 is 0 Å². The Morgan fingerprint density at radius 3 is 2.76 bits per heavy atom. The quantitative estimate of drug-likeness (QED) is 0.834. The van der Waals surface area contributed by atoms with Crippen molar-refractivity contribution in [3.63, 3.8) is 0 Å². The smallest absolute Gasteiger partial charge is 0.142 e. The van der Waals surface area contributed by atoms with Crippen LogP contribution in [0.4, 0.5) is 4.39 Å². The highest BCUT2D eigenvalue weighted by Gasteiger charge is 2.07. The maximum Gasteiger partial charge on any atom is 0.142 e. The van der Waals surface area contributed by atoms with Crippen LogP contribution < -0.4 is 0 Å². The van der Waals surface area contributed by atoms with E-state index in [-0.39, 0.29) is 18.0 Å². The molecule has 1 heterocycles. The third-order valence-electron chi connectivity index (χ3n) is 2.28. The van der Waals surface area contributed by atoms with Gasteiger partial charge in [-0.2, -0.15) is 0 Å². The first-order valence-electron chi connectivity index (χ1n) is 5.12. The van der Waals surface area contributed by atoms with E-state index in [2.05, 4.69) is 15.9 Å². The average molecular weight is 313 g/mol. The Balaban J connectivity index is 2.03. The second-order valence-corrected chi connectivity index (χ2v) is 5.70. The van der Waals surface area contributed by atoms with E-state index in [0.717, 1.165) is 4.88 Å². The predicted octanol–water partition coefficient (Wildman–Crippen LogP) is 4.00. The van der Waals surface area contributed by atoms with Crippen molar-refractivity contribution in [2.45, 2.75) is 12.8 Å². The van der Waals surface area contributed by atoms with E-state index >= 15 is 0 Å². The lowest BCUT2D eigenvalue weighted by Crippen LogP contribution is -2.05.